The summed E-state index contributed by atoms with van der Waals surface area (Å²) in [6.07, 6.45) is 11.2. The molecule has 0 unspecified atom stereocenters. The van der Waals surface area contributed by atoms with Gasteiger partial charge in [0.25, 0.3) is 0 Å². The first-order chi connectivity index (χ1) is 15.2. The molecule has 2 aliphatic carbocycles. The van der Waals surface area contributed by atoms with Crippen LogP contribution in [0.3, 0.4) is 0 Å². The molecule has 3 N–H and O–H groups in total. The van der Waals surface area contributed by atoms with E-state index in [0.29, 0.717) is 24.5 Å². The fraction of sp³-hybridized carbons (Fsp3) is 0.435. The van der Waals surface area contributed by atoms with E-state index in [1.807, 2.05) is 0 Å². The van der Waals surface area contributed by atoms with Crippen LogP contribution in [0.4, 0.5) is 5.95 Å². The van der Waals surface area contributed by atoms with Gasteiger partial charge in [0.1, 0.15) is 0 Å². The molecule has 2 atom stereocenters. The fourth-order valence-electron chi connectivity index (χ4n) is 4.80. The minimum atomic E-state index is 0.0151. The van der Waals surface area contributed by atoms with Gasteiger partial charge in [0, 0.05) is 42.4 Å². The van der Waals surface area contributed by atoms with Crippen LogP contribution < -0.4 is 10.6 Å². The van der Waals surface area contributed by atoms with Crippen molar-refractivity contribution in [1.29, 1.82) is 0 Å². The van der Waals surface area contributed by atoms with Crippen LogP contribution in [0.15, 0.2) is 42.9 Å². The highest BCUT2D eigenvalue weighted by atomic mass is 16.1. The molecule has 31 heavy (non-hydrogen) atoms. The van der Waals surface area contributed by atoms with Gasteiger partial charge in [-0.2, -0.15) is 15.4 Å². The number of hydrogen-bond acceptors (Lipinski definition) is 6. The monoisotopic (exact) mass is 417 g/mol. The van der Waals surface area contributed by atoms with Crippen molar-refractivity contribution >= 4 is 11.9 Å². The number of aromatic amines is 1. The topological polar surface area (TPSA) is 108 Å². The van der Waals surface area contributed by atoms with Crippen molar-refractivity contribution in [3.8, 4) is 0 Å². The Bertz CT molecular complexity index is 994. The second-order valence-corrected chi connectivity index (χ2v) is 8.61. The van der Waals surface area contributed by atoms with Crippen LogP contribution in [-0.4, -0.2) is 37.3 Å². The highest BCUT2D eigenvalue weighted by Crippen LogP contribution is 2.35. The molecule has 0 bridgehead atoms. The zero-order chi connectivity index (χ0) is 21.0. The zero-order valence-electron chi connectivity index (χ0n) is 17.4. The van der Waals surface area contributed by atoms with E-state index in [4.69, 9.17) is 0 Å². The fourth-order valence-corrected chi connectivity index (χ4v) is 4.80. The number of amides is 1. The van der Waals surface area contributed by atoms with Gasteiger partial charge >= 0.3 is 0 Å². The summed E-state index contributed by atoms with van der Waals surface area (Å²) >= 11 is 0. The van der Waals surface area contributed by atoms with Crippen LogP contribution >= 0.6 is 0 Å². The van der Waals surface area contributed by atoms with Crippen molar-refractivity contribution in [1.82, 2.24) is 30.7 Å². The molecule has 1 saturated carbocycles. The number of aromatic nitrogens is 5. The lowest BCUT2D eigenvalue weighted by molar-refractivity contribution is -0.126. The van der Waals surface area contributed by atoms with Crippen LogP contribution in [0.25, 0.3) is 0 Å². The van der Waals surface area contributed by atoms with Crippen LogP contribution in [0.1, 0.15) is 54.0 Å². The normalized spacial score (nSPS) is 20.9. The molecular weight excluding hydrogens is 390 g/mol. The Morgan fingerprint density at radius 1 is 1.06 bits per heavy atom. The van der Waals surface area contributed by atoms with E-state index in [2.05, 4.69) is 60.3 Å². The first-order valence-corrected chi connectivity index (χ1v) is 11.0. The molecule has 8 nitrogen and oxygen atoms in total. The van der Waals surface area contributed by atoms with Crippen LogP contribution in [-0.2, 0) is 24.2 Å². The second kappa shape index (κ2) is 8.83. The molecule has 0 saturated heterocycles. The third-order valence-electron chi connectivity index (χ3n) is 6.45. The SMILES string of the molecule is O=C(NCc1cnc(NC2Cc3ccccc3C2)nc1)[C@H]1CCC[C@@H](c2cn[nH]n2)C1. The van der Waals surface area contributed by atoms with Gasteiger partial charge in [0.2, 0.25) is 11.9 Å². The number of carbonyl (C=O) groups is 1. The van der Waals surface area contributed by atoms with E-state index in [0.717, 1.165) is 49.8 Å². The molecule has 2 aromatic heterocycles. The number of carbonyl (C=O) groups excluding carboxylic acids is 1. The second-order valence-electron chi connectivity index (χ2n) is 8.61. The van der Waals surface area contributed by atoms with E-state index in [-0.39, 0.29) is 11.8 Å². The Morgan fingerprint density at radius 3 is 2.55 bits per heavy atom. The van der Waals surface area contributed by atoms with E-state index in [1.54, 1.807) is 18.6 Å². The van der Waals surface area contributed by atoms with Gasteiger partial charge in [-0.3, -0.25) is 4.79 Å². The van der Waals surface area contributed by atoms with Crippen molar-refractivity contribution in [3.63, 3.8) is 0 Å². The minimum absolute atomic E-state index is 0.0151. The molecule has 0 spiro atoms. The first-order valence-electron chi connectivity index (χ1n) is 11.0. The van der Waals surface area contributed by atoms with Gasteiger partial charge in [-0.05, 0) is 43.2 Å². The summed E-state index contributed by atoms with van der Waals surface area (Å²) in [7, 11) is 0. The van der Waals surface area contributed by atoms with Gasteiger partial charge in [0.15, 0.2) is 0 Å². The summed E-state index contributed by atoms with van der Waals surface area (Å²) in [6, 6.07) is 8.87. The summed E-state index contributed by atoms with van der Waals surface area (Å²) < 4.78 is 0. The largest absolute Gasteiger partial charge is 0.352 e. The molecule has 2 aliphatic rings. The van der Waals surface area contributed by atoms with Crippen LogP contribution in [0.5, 0.6) is 0 Å². The maximum Gasteiger partial charge on any atom is 0.223 e. The number of H-pyrrole nitrogens is 1. The van der Waals surface area contributed by atoms with Crippen LogP contribution in [0.2, 0.25) is 0 Å². The number of hydrogen-bond donors (Lipinski definition) is 3. The average Bonchev–Trinajstić information content (AvgIpc) is 3.48. The first kappa shape index (κ1) is 19.7. The predicted molar refractivity (Wildman–Crippen MR) is 116 cm³/mol. The van der Waals surface area contributed by atoms with Crippen molar-refractivity contribution in [2.24, 2.45) is 5.92 Å². The van der Waals surface area contributed by atoms with Crippen molar-refractivity contribution in [3.05, 3.63) is 65.2 Å². The number of anilines is 1. The number of benzene rings is 1. The number of rotatable bonds is 6. The summed E-state index contributed by atoms with van der Waals surface area (Å²) in [5.41, 5.74) is 4.65. The van der Waals surface area contributed by atoms with E-state index < -0.39 is 0 Å². The Labute approximate surface area is 181 Å². The third-order valence-corrected chi connectivity index (χ3v) is 6.45. The lowest BCUT2D eigenvalue weighted by Gasteiger charge is -2.27. The Kier molecular flexibility index (Phi) is 5.60. The molecule has 3 aromatic rings. The predicted octanol–water partition coefficient (Wildman–Crippen LogP) is 2.76. The van der Waals surface area contributed by atoms with E-state index in [9.17, 15) is 4.79 Å². The molecule has 1 aromatic carbocycles. The van der Waals surface area contributed by atoms with E-state index >= 15 is 0 Å². The molecule has 1 fully saturated rings. The lowest BCUT2D eigenvalue weighted by atomic mass is 9.79. The average molecular weight is 418 g/mol. The van der Waals surface area contributed by atoms with Crippen molar-refractivity contribution in [2.45, 2.75) is 57.0 Å². The molecule has 2 heterocycles. The summed E-state index contributed by atoms with van der Waals surface area (Å²) in [5.74, 6) is 1.05. The number of nitrogens with one attached hydrogen (secondary N) is 3. The molecule has 0 aliphatic heterocycles. The number of nitrogens with zero attached hydrogens (tertiary/aromatic N) is 4. The molecule has 8 heteroatoms. The van der Waals surface area contributed by atoms with Crippen molar-refractivity contribution in [2.75, 3.05) is 5.32 Å². The molecule has 5 rings (SSSR count). The Balaban J connectivity index is 1.11. The number of fused-ring (bicyclic) bond motifs is 1. The maximum atomic E-state index is 12.7. The standard InChI is InChI=1S/C23H27N7O/c31-22(19-7-3-6-18(8-19)21-14-27-30-29-21)24-11-15-12-25-23(26-13-15)28-20-9-16-4-1-2-5-17(16)10-20/h1-2,4-5,12-14,18-20H,3,6-11H2,(H,24,31)(H,25,26,28)(H,27,29,30)/t18-,19+/m1/s1. The summed E-state index contributed by atoms with van der Waals surface area (Å²) in [4.78, 5) is 21.6. The summed E-state index contributed by atoms with van der Waals surface area (Å²) in [6.45, 7) is 0.444. The van der Waals surface area contributed by atoms with Crippen LogP contribution in [0, 0.1) is 5.92 Å². The third kappa shape index (κ3) is 4.57. The Hall–Kier alpha value is -3.29. The van der Waals surface area contributed by atoms with Crippen molar-refractivity contribution < 1.29 is 4.79 Å². The summed E-state index contributed by atoms with van der Waals surface area (Å²) in [5, 5.41) is 17.2. The molecule has 0 radical (unpaired) electrons. The zero-order valence-corrected chi connectivity index (χ0v) is 17.4. The smallest absolute Gasteiger partial charge is 0.223 e. The van der Waals surface area contributed by atoms with Gasteiger partial charge in [-0.1, -0.05) is 30.7 Å². The molecular formula is C23H27N7O. The highest BCUT2D eigenvalue weighted by molar-refractivity contribution is 5.78. The van der Waals surface area contributed by atoms with Gasteiger partial charge < -0.3 is 10.6 Å². The molecule has 1 amide bonds. The van der Waals surface area contributed by atoms with Gasteiger partial charge in [-0.15, -0.1) is 0 Å². The maximum absolute atomic E-state index is 12.7. The quantitative estimate of drug-likeness (QED) is 0.569. The van der Waals surface area contributed by atoms with E-state index in [1.165, 1.54) is 11.1 Å². The molecule has 160 valence electrons. The minimum Gasteiger partial charge on any atom is -0.352 e. The lowest BCUT2D eigenvalue weighted by Crippen LogP contribution is -2.33. The Morgan fingerprint density at radius 2 is 1.84 bits per heavy atom. The van der Waals surface area contributed by atoms with Gasteiger partial charge in [0.05, 0.1) is 11.9 Å². The van der Waals surface area contributed by atoms with Gasteiger partial charge in [-0.25, -0.2) is 9.97 Å². The highest BCUT2D eigenvalue weighted by Gasteiger charge is 2.29.